The monoisotopic (exact) mass is 253 g/mol. The SMILES string of the molecule is CC1(C)CCCCC1(CC(=O)O)N1CCCCC1. The van der Waals surface area contributed by atoms with Gasteiger partial charge >= 0.3 is 5.97 Å². The molecule has 1 unspecified atom stereocenters. The van der Waals surface area contributed by atoms with Gasteiger partial charge in [-0.15, -0.1) is 0 Å². The summed E-state index contributed by atoms with van der Waals surface area (Å²) in [7, 11) is 0. The van der Waals surface area contributed by atoms with Gasteiger partial charge in [0.05, 0.1) is 6.42 Å². The van der Waals surface area contributed by atoms with Crippen LogP contribution in [0.1, 0.15) is 65.2 Å². The largest absolute Gasteiger partial charge is 0.481 e. The summed E-state index contributed by atoms with van der Waals surface area (Å²) in [5.41, 5.74) is 0.0263. The maximum Gasteiger partial charge on any atom is 0.305 e. The molecule has 3 heteroatoms. The molecule has 1 heterocycles. The van der Waals surface area contributed by atoms with Crippen molar-refractivity contribution in [3.63, 3.8) is 0 Å². The van der Waals surface area contributed by atoms with Crippen molar-refractivity contribution in [2.45, 2.75) is 70.8 Å². The third-order valence-corrected chi connectivity index (χ3v) is 5.31. The average Bonchev–Trinajstić information content (AvgIpc) is 2.32. The van der Waals surface area contributed by atoms with E-state index in [1.165, 1.54) is 32.1 Å². The zero-order valence-corrected chi connectivity index (χ0v) is 11.9. The van der Waals surface area contributed by atoms with Crippen molar-refractivity contribution in [1.82, 2.24) is 4.90 Å². The summed E-state index contributed by atoms with van der Waals surface area (Å²) in [6.07, 6.45) is 8.76. The van der Waals surface area contributed by atoms with E-state index in [1.807, 2.05) is 0 Å². The van der Waals surface area contributed by atoms with Crippen LogP contribution in [0.3, 0.4) is 0 Å². The number of carboxylic acid groups (broad SMARTS) is 1. The predicted octanol–water partition coefficient (Wildman–Crippen LogP) is 3.29. The lowest BCUT2D eigenvalue weighted by atomic mass is 9.60. The first-order valence-electron chi connectivity index (χ1n) is 7.45. The molecule has 2 fully saturated rings. The van der Waals surface area contributed by atoms with Gasteiger partial charge in [-0.2, -0.15) is 0 Å². The van der Waals surface area contributed by atoms with E-state index >= 15 is 0 Å². The van der Waals surface area contributed by atoms with E-state index in [1.54, 1.807) is 0 Å². The van der Waals surface area contributed by atoms with Crippen LogP contribution in [0, 0.1) is 5.41 Å². The molecule has 0 aromatic carbocycles. The highest BCUT2D eigenvalue weighted by atomic mass is 16.4. The standard InChI is InChI=1S/C15H27NO2/c1-14(2)8-4-5-9-15(14,12-13(17)18)16-10-6-3-7-11-16/h3-12H2,1-2H3,(H,17,18). The number of carboxylic acids is 1. The first-order chi connectivity index (χ1) is 8.48. The molecule has 0 spiro atoms. The van der Waals surface area contributed by atoms with Crippen LogP contribution in [0.5, 0.6) is 0 Å². The number of likely N-dealkylation sites (tertiary alicyclic amines) is 1. The Balaban J connectivity index is 2.28. The lowest BCUT2D eigenvalue weighted by molar-refractivity contribution is -0.147. The summed E-state index contributed by atoms with van der Waals surface area (Å²) in [6.45, 7) is 6.75. The second-order valence-corrected chi connectivity index (χ2v) is 6.74. The third-order valence-electron chi connectivity index (χ3n) is 5.31. The molecular formula is C15H27NO2. The first kappa shape index (κ1) is 13.9. The number of carbonyl (C=O) groups is 1. The van der Waals surface area contributed by atoms with Crippen molar-refractivity contribution in [2.75, 3.05) is 13.1 Å². The van der Waals surface area contributed by atoms with Crippen LogP contribution in [0.25, 0.3) is 0 Å². The van der Waals surface area contributed by atoms with E-state index in [0.29, 0.717) is 6.42 Å². The molecule has 0 aromatic heterocycles. The summed E-state index contributed by atoms with van der Waals surface area (Å²) < 4.78 is 0. The molecule has 1 N–H and O–H groups in total. The van der Waals surface area contributed by atoms with E-state index in [2.05, 4.69) is 18.7 Å². The van der Waals surface area contributed by atoms with Crippen LogP contribution in [-0.4, -0.2) is 34.6 Å². The molecule has 2 aliphatic rings. The third kappa shape index (κ3) is 2.42. The number of piperidine rings is 1. The van der Waals surface area contributed by atoms with Crippen molar-refractivity contribution in [2.24, 2.45) is 5.41 Å². The fourth-order valence-electron chi connectivity index (χ4n) is 4.15. The van der Waals surface area contributed by atoms with Gasteiger partial charge in [-0.1, -0.05) is 33.1 Å². The predicted molar refractivity (Wildman–Crippen MR) is 72.7 cm³/mol. The van der Waals surface area contributed by atoms with Crippen molar-refractivity contribution in [3.8, 4) is 0 Å². The van der Waals surface area contributed by atoms with Crippen molar-refractivity contribution < 1.29 is 9.90 Å². The van der Waals surface area contributed by atoms with Crippen molar-refractivity contribution >= 4 is 5.97 Å². The Morgan fingerprint density at radius 2 is 1.67 bits per heavy atom. The molecule has 1 saturated carbocycles. The molecule has 1 aliphatic carbocycles. The summed E-state index contributed by atoms with van der Waals surface area (Å²) in [5.74, 6) is -0.629. The first-order valence-corrected chi connectivity index (χ1v) is 7.45. The molecule has 1 saturated heterocycles. The van der Waals surface area contributed by atoms with Gasteiger partial charge in [0.2, 0.25) is 0 Å². The fraction of sp³-hybridized carbons (Fsp3) is 0.933. The van der Waals surface area contributed by atoms with Gasteiger partial charge in [0, 0.05) is 5.54 Å². The maximum atomic E-state index is 11.4. The summed E-state index contributed by atoms with van der Waals surface area (Å²) in [5, 5.41) is 9.37. The fourth-order valence-corrected chi connectivity index (χ4v) is 4.15. The Morgan fingerprint density at radius 1 is 1.06 bits per heavy atom. The molecule has 0 amide bonds. The van der Waals surface area contributed by atoms with Crippen LogP contribution in [0.2, 0.25) is 0 Å². The minimum Gasteiger partial charge on any atom is -0.481 e. The van der Waals surface area contributed by atoms with Gasteiger partial charge in [0.1, 0.15) is 0 Å². The van der Waals surface area contributed by atoms with Gasteiger partial charge in [-0.25, -0.2) is 0 Å². The van der Waals surface area contributed by atoms with Gasteiger partial charge in [0.15, 0.2) is 0 Å². The van der Waals surface area contributed by atoms with Crippen LogP contribution in [0.4, 0.5) is 0 Å². The Kier molecular flexibility index (Phi) is 4.00. The van der Waals surface area contributed by atoms with Crippen LogP contribution >= 0.6 is 0 Å². The second-order valence-electron chi connectivity index (χ2n) is 6.74. The van der Waals surface area contributed by atoms with E-state index in [4.69, 9.17) is 0 Å². The van der Waals surface area contributed by atoms with Crippen LogP contribution in [0.15, 0.2) is 0 Å². The normalized spacial score (nSPS) is 33.2. The maximum absolute atomic E-state index is 11.4. The molecular weight excluding hydrogens is 226 g/mol. The van der Waals surface area contributed by atoms with Gasteiger partial charge in [-0.3, -0.25) is 9.69 Å². The summed E-state index contributed by atoms with van der Waals surface area (Å²) in [6, 6.07) is 0. The zero-order valence-electron chi connectivity index (χ0n) is 11.9. The smallest absolute Gasteiger partial charge is 0.305 e. The minimum atomic E-state index is -0.629. The summed E-state index contributed by atoms with van der Waals surface area (Å²) >= 11 is 0. The molecule has 2 rings (SSSR count). The molecule has 18 heavy (non-hydrogen) atoms. The molecule has 0 bridgehead atoms. The highest BCUT2D eigenvalue weighted by Crippen LogP contribution is 2.50. The van der Waals surface area contributed by atoms with Gasteiger partial charge in [0.25, 0.3) is 0 Å². The average molecular weight is 253 g/mol. The number of hydrogen-bond acceptors (Lipinski definition) is 2. The Hall–Kier alpha value is -0.570. The quantitative estimate of drug-likeness (QED) is 0.839. The van der Waals surface area contributed by atoms with Gasteiger partial charge in [-0.05, 0) is 44.2 Å². The minimum absolute atomic E-state index is 0.0997. The highest BCUT2D eigenvalue weighted by Gasteiger charge is 2.51. The highest BCUT2D eigenvalue weighted by molar-refractivity contribution is 5.68. The Bertz CT molecular complexity index is 308. The number of aliphatic carboxylic acids is 1. The molecule has 3 nitrogen and oxygen atoms in total. The molecule has 1 atom stereocenters. The van der Waals surface area contributed by atoms with Gasteiger partial charge < -0.3 is 5.11 Å². The molecule has 1 aliphatic heterocycles. The van der Waals surface area contributed by atoms with Crippen molar-refractivity contribution in [1.29, 1.82) is 0 Å². The Morgan fingerprint density at radius 3 is 2.22 bits per heavy atom. The van der Waals surface area contributed by atoms with E-state index < -0.39 is 5.97 Å². The van der Waals surface area contributed by atoms with E-state index in [0.717, 1.165) is 25.9 Å². The molecule has 0 radical (unpaired) electrons. The zero-order chi connectivity index (χ0) is 13.2. The summed E-state index contributed by atoms with van der Waals surface area (Å²) in [4.78, 5) is 13.9. The van der Waals surface area contributed by atoms with E-state index in [9.17, 15) is 9.90 Å². The molecule has 0 aromatic rings. The topological polar surface area (TPSA) is 40.5 Å². The van der Waals surface area contributed by atoms with Crippen LogP contribution < -0.4 is 0 Å². The second kappa shape index (κ2) is 5.20. The Labute approximate surface area is 111 Å². The van der Waals surface area contributed by atoms with Crippen molar-refractivity contribution in [3.05, 3.63) is 0 Å². The van der Waals surface area contributed by atoms with E-state index in [-0.39, 0.29) is 11.0 Å². The number of hydrogen-bond donors (Lipinski definition) is 1. The van der Waals surface area contributed by atoms with Crippen LogP contribution in [-0.2, 0) is 4.79 Å². The number of rotatable bonds is 3. The lowest BCUT2D eigenvalue weighted by Crippen LogP contribution is -2.61. The lowest BCUT2D eigenvalue weighted by Gasteiger charge is -2.57. The number of nitrogens with zero attached hydrogens (tertiary/aromatic N) is 1. The molecule has 104 valence electrons.